The standard InChI is InChI=1S/C28H25ClN6O4S2/c1-38-15-10-11-22(39-2)19(12-15)32-23(37)14-40-28-34-33-27(41-28)35-20-8-5-9-21(36)25(20)24(17(13-30)26(35)31)16-6-3-4-7-18(16)29/h3-4,6-7,10-12,24H,5,8-9,14,31H2,1-2H3,(H,32,37). The first-order chi connectivity index (χ1) is 19.9. The van der Waals surface area contributed by atoms with Crippen LogP contribution in [0, 0.1) is 11.3 Å². The van der Waals surface area contributed by atoms with Crippen molar-refractivity contribution in [1.29, 1.82) is 5.26 Å². The van der Waals surface area contributed by atoms with Crippen LogP contribution >= 0.6 is 34.7 Å². The first-order valence-corrected chi connectivity index (χ1v) is 14.7. The third-order valence-corrected chi connectivity index (χ3v) is 9.11. The van der Waals surface area contributed by atoms with Crippen LogP contribution in [0.1, 0.15) is 30.7 Å². The van der Waals surface area contributed by atoms with Crippen LogP contribution < -0.4 is 25.4 Å². The Hall–Kier alpha value is -4.05. The Bertz CT molecular complexity index is 1630. The highest BCUT2D eigenvalue weighted by Gasteiger charge is 2.41. The monoisotopic (exact) mass is 608 g/mol. The lowest BCUT2D eigenvalue weighted by molar-refractivity contribution is -0.116. The van der Waals surface area contributed by atoms with Crippen molar-refractivity contribution in [3.05, 3.63) is 75.7 Å². The number of nitrogens with one attached hydrogen (secondary N) is 1. The van der Waals surface area contributed by atoms with Crippen molar-refractivity contribution >= 4 is 57.2 Å². The van der Waals surface area contributed by atoms with Gasteiger partial charge >= 0.3 is 0 Å². The van der Waals surface area contributed by atoms with E-state index >= 15 is 0 Å². The van der Waals surface area contributed by atoms with Gasteiger partial charge in [0.15, 0.2) is 10.1 Å². The highest BCUT2D eigenvalue weighted by Crippen LogP contribution is 2.48. The van der Waals surface area contributed by atoms with E-state index in [1.54, 1.807) is 42.3 Å². The summed E-state index contributed by atoms with van der Waals surface area (Å²) in [5.41, 5.74) is 9.17. The first kappa shape index (κ1) is 28.5. The summed E-state index contributed by atoms with van der Waals surface area (Å²) in [6, 6.07) is 14.5. The highest BCUT2D eigenvalue weighted by molar-refractivity contribution is 8.01. The lowest BCUT2D eigenvalue weighted by Crippen LogP contribution is -2.38. The number of carbonyl (C=O) groups is 2. The molecule has 1 aliphatic heterocycles. The average Bonchev–Trinajstić information content (AvgIpc) is 3.44. The van der Waals surface area contributed by atoms with Crippen LogP contribution in [0.4, 0.5) is 10.8 Å². The van der Waals surface area contributed by atoms with Crippen LogP contribution in [0.25, 0.3) is 0 Å². The molecule has 1 atom stereocenters. The topological polar surface area (TPSA) is 143 Å². The van der Waals surface area contributed by atoms with Gasteiger partial charge in [0.1, 0.15) is 17.3 Å². The third kappa shape index (κ3) is 5.61. The van der Waals surface area contributed by atoms with Crippen LogP contribution in [0.15, 0.2) is 69.5 Å². The number of halogens is 1. The maximum atomic E-state index is 13.3. The molecule has 2 aliphatic rings. The zero-order valence-corrected chi connectivity index (χ0v) is 24.5. The summed E-state index contributed by atoms with van der Waals surface area (Å²) in [6.45, 7) is 0. The predicted molar refractivity (Wildman–Crippen MR) is 158 cm³/mol. The second kappa shape index (κ2) is 12.2. The molecule has 2 heterocycles. The molecular weight excluding hydrogens is 584 g/mol. The summed E-state index contributed by atoms with van der Waals surface area (Å²) in [5.74, 6) is 0.346. The van der Waals surface area contributed by atoms with Crippen molar-refractivity contribution in [2.75, 3.05) is 30.2 Å². The number of nitrogens with two attached hydrogens (primary N) is 1. The molecule has 3 N–H and O–H groups in total. The van der Waals surface area contributed by atoms with Crippen LogP contribution in [0.5, 0.6) is 11.5 Å². The largest absolute Gasteiger partial charge is 0.497 e. The van der Waals surface area contributed by atoms with Crippen molar-refractivity contribution in [2.45, 2.75) is 29.5 Å². The van der Waals surface area contributed by atoms with Crippen LogP contribution in [0.3, 0.4) is 0 Å². The molecule has 10 nitrogen and oxygen atoms in total. The summed E-state index contributed by atoms with van der Waals surface area (Å²) in [7, 11) is 3.06. The number of aromatic nitrogens is 2. The predicted octanol–water partition coefficient (Wildman–Crippen LogP) is 5.24. The normalized spacial score (nSPS) is 16.8. The van der Waals surface area contributed by atoms with Crippen molar-refractivity contribution in [1.82, 2.24) is 10.2 Å². The van der Waals surface area contributed by atoms with Gasteiger partial charge in [0.25, 0.3) is 0 Å². The van der Waals surface area contributed by atoms with Crippen LogP contribution in [-0.4, -0.2) is 41.9 Å². The van der Waals surface area contributed by atoms with Gasteiger partial charge in [-0.1, -0.05) is 52.9 Å². The summed E-state index contributed by atoms with van der Waals surface area (Å²) < 4.78 is 11.1. The Labute approximate surface area is 249 Å². The second-order valence-corrected chi connectivity index (χ2v) is 11.7. The highest BCUT2D eigenvalue weighted by atomic mass is 35.5. The van der Waals surface area contributed by atoms with Gasteiger partial charge in [0.2, 0.25) is 11.0 Å². The van der Waals surface area contributed by atoms with E-state index in [4.69, 9.17) is 26.8 Å². The average molecular weight is 609 g/mol. The van der Waals surface area contributed by atoms with E-state index in [2.05, 4.69) is 21.6 Å². The van der Waals surface area contributed by atoms with Gasteiger partial charge in [-0.25, -0.2) is 0 Å². The molecule has 0 radical (unpaired) electrons. The maximum absolute atomic E-state index is 13.3. The molecule has 13 heteroatoms. The number of ether oxygens (including phenoxy) is 2. The number of hydrogen-bond acceptors (Lipinski definition) is 11. The van der Waals surface area contributed by atoms with Crippen LogP contribution in [0.2, 0.25) is 5.02 Å². The summed E-state index contributed by atoms with van der Waals surface area (Å²) in [5, 5.41) is 22.4. The molecule has 1 aromatic heterocycles. The van der Waals surface area contributed by atoms with Crippen molar-refractivity contribution in [3.63, 3.8) is 0 Å². The van der Waals surface area contributed by atoms with Gasteiger partial charge < -0.3 is 20.5 Å². The van der Waals surface area contributed by atoms with Crippen molar-refractivity contribution in [3.8, 4) is 17.6 Å². The third-order valence-electron chi connectivity index (χ3n) is 6.72. The molecule has 1 unspecified atom stereocenters. The summed E-state index contributed by atoms with van der Waals surface area (Å²) in [6.07, 6.45) is 1.60. The minimum absolute atomic E-state index is 0.0508. The molecule has 0 bridgehead atoms. The lowest BCUT2D eigenvalue weighted by atomic mass is 9.76. The van der Waals surface area contributed by atoms with Gasteiger partial charge in [0, 0.05) is 28.8 Å². The second-order valence-electron chi connectivity index (χ2n) is 9.09. The van der Waals surface area contributed by atoms with E-state index in [9.17, 15) is 14.9 Å². The molecule has 3 aromatic rings. The smallest absolute Gasteiger partial charge is 0.234 e. The summed E-state index contributed by atoms with van der Waals surface area (Å²) in [4.78, 5) is 27.7. The number of anilines is 2. The first-order valence-electron chi connectivity index (χ1n) is 12.5. The summed E-state index contributed by atoms with van der Waals surface area (Å²) >= 11 is 8.94. The number of Topliss-reactive ketones (excluding diaryl/α,β-unsaturated/α-hetero) is 1. The van der Waals surface area contributed by atoms with E-state index < -0.39 is 5.92 Å². The molecule has 0 saturated carbocycles. The molecule has 1 amide bonds. The minimum atomic E-state index is -0.660. The Balaban J connectivity index is 1.40. The van der Waals surface area contributed by atoms with E-state index in [0.717, 1.165) is 0 Å². The van der Waals surface area contributed by atoms with Crippen molar-refractivity contribution < 1.29 is 19.1 Å². The molecule has 2 aromatic carbocycles. The number of nitrogens with zero attached hydrogens (tertiary/aromatic N) is 4. The fourth-order valence-electron chi connectivity index (χ4n) is 4.90. The maximum Gasteiger partial charge on any atom is 0.234 e. The Kier molecular flexibility index (Phi) is 8.49. The fraction of sp³-hybridized carbons (Fsp3) is 0.250. The zero-order valence-electron chi connectivity index (χ0n) is 22.1. The molecule has 5 rings (SSSR count). The molecule has 41 heavy (non-hydrogen) atoms. The number of ketones is 1. The Morgan fingerprint density at radius 2 is 2.05 bits per heavy atom. The number of amides is 1. The number of allylic oxidation sites excluding steroid dienone is 3. The number of nitriles is 1. The van der Waals surface area contributed by atoms with Crippen molar-refractivity contribution in [2.24, 2.45) is 5.73 Å². The van der Waals surface area contributed by atoms with Gasteiger partial charge in [-0.3, -0.25) is 14.5 Å². The molecule has 0 saturated heterocycles. The van der Waals surface area contributed by atoms with E-state index in [-0.39, 0.29) is 28.8 Å². The van der Waals surface area contributed by atoms with E-state index in [1.165, 1.54) is 30.2 Å². The lowest BCUT2D eigenvalue weighted by Gasteiger charge is -2.38. The number of rotatable bonds is 8. The number of hydrogen-bond donors (Lipinski definition) is 2. The number of benzene rings is 2. The molecule has 210 valence electrons. The number of carbonyl (C=O) groups excluding carboxylic acids is 2. The van der Waals surface area contributed by atoms with Gasteiger partial charge in [0.05, 0.1) is 43.2 Å². The zero-order chi connectivity index (χ0) is 29.1. The van der Waals surface area contributed by atoms with E-state index in [0.29, 0.717) is 67.8 Å². The van der Waals surface area contributed by atoms with Gasteiger partial charge in [-0.15, -0.1) is 10.2 Å². The van der Waals surface area contributed by atoms with Gasteiger partial charge in [-0.05, 0) is 36.6 Å². The quantitative estimate of drug-likeness (QED) is 0.326. The number of methoxy groups -OCH3 is 2. The molecule has 0 fully saturated rings. The molecule has 0 spiro atoms. The molecule has 1 aliphatic carbocycles. The van der Waals surface area contributed by atoms with Crippen LogP contribution in [-0.2, 0) is 9.59 Å². The number of thioether (sulfide) groups is 1. The van der Waals surface area contributed by atoms with Gasteiger partial charge in [-0.2, -0.15) is 5.26 Å². The van der Waals surface area contributed by atoms with E-state index in [1.807, 2.05) is 12.1 Å². The minimum Gasteiger partial charge on any atom is -0.497 e. The molecular formula is C28H25ClN6O4S2. The SMILES string of the molecule is COc1ccc(OC)c(NC(=O)CSc2nnc(N3C(N)=C(C#N)C(c4ccccc4Cl)C4=C3CCCC4=O)s2)c1. The fourth-order valence-corrected chi connectivity index (χ4v) is 6.83. The Morgan fingerprint density at radius 3 is 2.78 bits per heavy atom. The Morgan fingerprint density at radius 1 is 1.24 bits per heavy atom.